The van der Waals surface area contributed by atoms with Gasteiger partial charge in [-0.25, -0.2) is 4.79 Å². The number of anilines is 1. The van der Waals surface area contributed by atoms with Crippen molar-refractivity contribution >= 4 is 34.4 Å². The van der Waals surface area contributed by atoms with Crippen LogP contribution in [-0.4, -0.2) is 40.9 Å². The van der Waals surface area contributed by atoms with Crippen LogP contribution in [0.4, 0.5) is 5.69 Å². The molecule has 1 amide bonds. The zero-order chi connectivity index (χ0) is 19.7. The summed E-state index contributed by atoms with van der Waals surface area (Å²) in [6.07, 6.45) is 3.42. The van der Waals surface area contributed by atoms with Crippen molar-refractivity contribution in [3.63, 3.8) is 0 Å². The van der Waals surface area contributed by atoms with E-state index in [4.69, 9.17) is 0 Å². The number of pyridine rings is 1. The van der Waals surface area contributed by atoms with Gasteiger partial charge >= 0.3 is 5.69 Å². The molecule has 142 valence electrons. The van der Waals surface area contributed by atoms with Crippen LogP contribution in [-0.2, 0) is 11.8 Å². The highest BCUT2D eigenvalue weighted by molar-refractivity contribution is 8.00. The number of amides is 1. The molecule has 0 radical (unpaired) electrons. The quantitative estimate of drug-likeness (QED) is 0.445. The number of carbonyl (C=O) groups is 1. The van der Waals surface area contributed by atoms with Crippen LogP contribution in [0.2, 0.25) is 0 Å². The van der Waals surface area contributed by atoms with Crippen LogP contribution in [0.25, 0.3) is 22.4 Å². The van der Waals surface area contributed by atoms with Gasteiger partial charge in [-0.05, 0) is 37.3 Å². The van der Waals surface area contributed by atoms with E-state index in [1.807, 2.05) is 23.7 Å². The molecule has 0 aliphatic rings. The fourth-order valence-corrected chi connectivity index (χ4v) is 3.54. The van der Waals surface area contributed by atoms with Crippen LogP contribution in [0.3, 0.4) is 0 Å². The molecule has 0 fully saturated rings. The SMILES string of the molecule is CC(Sc1nnc(-c2cccnc2)n1C)C(=O)Nc1ccc2[nH]c(=O)[nH]c2c1. The predicted molar refractivity (Wildman–Crippen MR) is 107 cm³/mol. The van der Waals surface area contributed by atoms with E-state index in [0.717, 1.165) is 5.56 Å². The van der Waals surface area contributed by atoms with Gasteiger partial charge in [0.05, 0.1) is 16.3 Å². The Morgan fingerprint density at radius 3 is 2.82 bits per heavy atom. The summed E-state index contributed by atoms with van der Waals surface area (Å²) in [5.74, 6) is 0.512. The highest BCUT2D eigenvalue weighted by Crippen LogP contribution is 2.26. The molecule has 3 heterocycles. The van der Waals surface area contributed by atoms with Crippen molar-refractivity contribution in [3.8, 4) is 11.4 Å². The lowest BCUT2D eigenvalue weighted by Crippen LogP contribution is -2.22. The monoisotopic (exact) mass is 395 g/mol. The molecule has 10 heteroatoms. The maximum atomic E-state index is 12.6. The molecular formula is C18H17N7O2S. The van der Waals surface area contributed by atoms with Crippen molar-refractivity contribution in [2.45, 2.75) is 17.3 Å². The molecule has 1 aromatic carbocycles. The number of aromatic amines is 2. The lowest BCUT2D eigenvalue weighted by molar-refractivity contribution is -0.115. The standard InChI is InChI=1S/C18H17N7O2S/c1-10(16(26)20-12-5-6-13-14(8-12)22-17(27)21-13)28-18-24-23-15(25(18)2)11-4-3-7-19-9-11/h3-10H,1-2H3,(H,20,26)(H2,21,22,27). The normalized spacial score (nSPS) is 12.2. The number of benzene rings is 1. The van der Waals surface area contributed by atoms with Crippen molar-refractivity contribution in [2.75, 3.05) is 5.32 Å². The number of hydrogen-bond acceptors (Lipinski definition) is 6. The molecule has 3 N–H and O–H groups in total. The molecule has 4 rings (SSSR count). The molecule has 0 aliphatic carbocycles. The van der Waals surface area contributed by atoms with Crippen LogP contribution in [0.15, 0.2) is 52.7 Å². The molecule has 4 aromatic rings. The number of hydrogen-bond donors (Lipinski definition) is 3. The summed E-state index contributed by atoms with van der Waals surface area (Å²) in [5.41, 5.74) is 2.50. The number of nitrogens with one attached hydrogen (secondary N) is 3. The van der Waals surface area contributed by atoms with Crippen LogP contribution in [0, 0.1) is 0 Å². The zero-order valence-corrected chi connectivity index (χ0v) is 15.9. The molecule has 0 aliphatic heterocycles. The predicted octanol–water partition coefficient (Wildman–Crippen LogP) is 2.17. The Hall–Kier alpha value is -3.40. The summed E-state index contributed by atoms with van der Waals surface area (Å²) in [6.45, 7) is 1.80. The molecular weight excluding hydrogens is 378 g/mol. The van der Waals surface area contributed by atoms with Crippen LogP contribution in [0.5, 0.6) is 0 Å². The number of H-pyrrole nitrogens is 2. The fourth-order valence-electron chi connectivity index (χ4n) is 2.73. The molecule has 3 aromatic heterocycles. The second-order valence-electron chi connectivity index (χ2n) is 6.20. The summed E-state index contributed by atoms with van der Waals surface area (Å²) < 4.78 is 1.84. The van der Waals surface area contributed by atoms with Crippen molar-refractivity contribution in [3.05, 3.63) is 53.2 Å². The van der Waals surface area contributed by atoms with Crippen molar-refractivity contribution in [2.24, 2.45) is 7.05 Å². The molecule has 0 spiro atoms. The number of carbonyl (C=O) groups excluding carboxylic acids is 1. The van der Waals surface area contributed by atoms with E-state index >= 15 is 0 Å². The van der Waals surface area contributed by atoms with Crippen LogP contribution in [0.1, 0.15) is 6.92 Å². The van der Waals surface area contributed by atoms with E-state index in [0.29, 0.717) is 27.7 Å². The number of thioether (sulfide) groups is 1. The topological polar surface area (TPSA) is 121 Å². The summed E-state index contributed by atoms with van der Waals surface area (Å²) >= 11 is 1.31. The van der Waals surface area contributed by atoms with Gasteiger partial charge in [0.1, 0.15) is 0 Å². The first kappa shape index (κ1) is 18.0. The van der Waals surface area contributed by atoms with Gasteiger partial charge < -0.3 is 19.9 Å². The van der Waals surface area contributed by atoms with E-state index in [-0.39, 0.29) is 11.6 Å². The van der Waals surface area contributed by atoms with E-state index in [9.17, 15) is 9.59 Å². The first-order chi connectivity index (χ1) is 13.5. The van der Waals surface area contributed by atoms with E-state index in [1.54, 1.807) is 37.5 Å². The van der Waals surface area contributed by atoms with Gasteiger partial charge in [0.25, 0.3) is 0 Å². The van der Waals surface area contributed by atoms with E-state index in [2.05, 4.69) is 30.5 Å². The van der Waals surface area contributed by atoms with Gasteiger partial charge in [-0.1, -0.05) is 11.8 Å². The third-order valence-electron chi connectivity index (χ3n) is 4.19. The number of fused-ring (bicyclic) bond motifs is 1. The average molecular weight is 395 g/mol. The minimum Gasteiger partial charge on any atom is -0.325 e. The Morgan fingerprint density at radius 2 is 2.04 bits per heavy atom. The number of aromatic nitrogens is 6. The summed E-state index contributed by atoms with van der Waals surface area (Å²) in [5, 5.41) is 11.5. The van der Waals surface area contributed by atoms with Gasteiger partial charge in [-0.15, -0.1) is 10.2 Å². The van der Waals surface area contributed by atoms with Crippen molar-refractivity contribution < 1.29 is 4.79 Å². The largest absolute Gasteiger partial charge is 0.325 e. The Morgan fingerprint density at radius 1 is 1.21 bits per heavy atom. The van der Waals surface area contributed by atoms with Crippen molar-refractivity contribution in [1.29, 1.82) is 0 Å². The van der Waals surface area contributed by atoms with E-state index < -0.39 is 5.25 Å². The Labute approximate surface area is 163 Å². The first-order valence-corrected chi connectivity index (χ1v) is 9.38. The smallest absolute Gasteiger partial charge is 0.323 e. The molecule has 1 atom stereocenters. The third-order valence-corrected chi connectivity index (χ3v) is 5.32. The molecule has 0 saturated carbocycles. The van der Waals surface area contributed by atoms with Gasteiger partial charge in [0.15, 0.2) is 11.0 Å². The van der Waals surface area contributed by atoms with Crippen molar-refractivity contribution in [1.82, 2.24) is 29.7 Å². The first-order valence-electron chi connectivity index (χ1n) is 8.50. The van der Waals surface area contributed by atoms with Gasteiger partial charge in [0.2, 0.25) is 5.91 Å². The Kier molecular flexibility index (Phi) is 4.70. The highest BCUT2D eigenvalue weighted by atomic mass is 32.2. The second kappa shape index (κ2) is 7.31. The van der Waals surface area contributed by atoms with E-state index in [1.165, 1.54) is 11.8 Å². The molecule has 0 bridgehead atoms. The maximum Gasteiger partial charge on any atom is 0.323 e. The number of imidazole rings is 1. The lowest BCUT2D eigenvalue weighted by Gasteiger charge is -2.11. The van der Waals surface area contributed by atoms with Crippen LogP contribution < -0.4 is 11.0 Å². The lowest BCUT2D eigenvalue weighted by atomic mass is 10.2. The zero-order valence-electron chi connectivity index (χ0n) is 15.1. The van der Waals surface area contributed by atoms with Gasteiger partial charge in [-0.3, -0.25) is 9.78 Å². The second-order valence-corrected chi connectivity index (χ2v) is 7.50. The molecule has 9 nitrogen and oxygen atoms in total. The number of rotatable bonds is 5. The van der Waals surface area contributed by atoms with Gasteiger partial charge in [0, 0.05) is 30.7 Å². The minimum absolute atomic E-state index is 0.173. The maximum absolute atomic E-state index is 12.6. The highest BCUT2D eigenvalue weighted by Gasteiger charge is 2.19. The van der Waals surface area contributed by atoms with Gasteiger partial charge in [-0.2, -0.15) is 0 Å². The molecule has 28 heavy (non-hydrogen) atoms. The summed E-state index contributed by atoms with van der Waals surface area (Å²) in [4.78, 5) is 33.3. The molecule has 1 unspecified atom stereocenters. The molecule has 0 saturated heterocycles. The van der Waals surface area contributed by atoms with Crippen LogP contribution >= 0.6 is 11.8 Å². The number of nitrogens with zero attached hydrogens (tertiary/aromatic N) is 4. The summed E-state index contributed by atoms with van der Waals surface area (Å²) in [6, 6.07) is 8.93. The Bertz CT molecular complexity index is 1200. The summed E-state index contributed by atoms with van der Waals surface area (Å²) in [7, 11) is 1.85. The minimum atomic E-state index is -0.398. The third kappa shape index (κ3) is 3.54. The average Bonchev–Trinajstić information content (AvgIpc) is 3.24. The fraction of sp³-hybridized carbons (Fsp3) is 0.167. The Balaban J connectivity index is 1.47.